The Balaban J connectivity index is 2.11. The maximum absolute atomic E-state index is 12.3. The summed E-state index contributed by atoms with van der Waals surface area (Å²) in [6, 6.07) is 6.21. The molecule has 0 unspecified atom stereocenters. The van der Waals surface area contributed by atoms with Crippen LogP contribution in [0.3, 0.4) is 0 Å². The third-order valence-electron chi connectivity index (χ3n) is 4.50. The molecule has 1 aliphatic rings. The molecule has 21 heavy (non-hydrogen) atoms. The summed E-state index contributed by atoms with van der Waals surface area (Å²) >= 11 is 0. The van der Waals surface area contributed by atoms with Crippen molar-refractivity contribution in [3.05, 3.63) is 34.9 Å². The molecule has 4 heteroatoms. The van der Waals surface area contributed by atoms with E-state index in [1.165, 1.54) is 28.9 Å². The number of rotatable bonds is 4. The van der Waals surface area contributed by atoms with Crippen LogP contribution in [0.15, 0.2) is 18.2 Å². The van der Waals surface area contributed by atoms with E-state index in [1.54, 1.807) is 20.9 Å². The van der Waals surface area contributed by atoms with Crippen LogP contribution in [0.25, 0.3) is 0 Å². The maximum atomic E-state index is 12.3. The van der Waals surface area contributed by atoms with Crippen LogP contribution in [0.4, 0.5) is 0 Å². The molecule has 0 aromatic heterocycles. The third-order valence-corrected chi connectivity index (χ3v) is 4.50. The van der Waals surface area contributed by atoms with Gasteiger partial charge in [-0.2, -0.15) is 0 Å². The molecule has 0 bridgehead atoms. The zero-order valence-electron chi connectivity index (χ0n) is 13.0. The highest BCUT2D eigenvalue weighted by atomic mass is 16.4. The van der Waals surface area contributed by atoms with Crippen LogP contribution >= 0.6 is 0 Å². The van der Waals surface area contributed by atoms with E-state index in [9.17, 15) is 14.7 Å². The van der Waals surface area contributed by atoms with Crippen molar-refractivity contribution < 1.29 is 14.7 Å². The number of benzene rings is 1. The van der Waals surface area contributed by atoms with Crippen LogP contribution in [-0.4, -0.2) is 34.5 Å². The Kier molecular flexibility index (Phi) is 4.35. The van der Waals surface area contributed by atoms with Crippen LogP contribution in [0.1, 0.15) is 43.4 Å². The first-order valence-electron chi connectivity index (χ1n) is 7.43. The average Bonchev–Trinajstić information content (AvgIpc) is 2.46. The van der Waals surface area contributed by atoms with Crippen LogP contribution < -0.4 is 0 Å². The van der Waals surface area contributed by atoms with Gasteiger partial charge in [-0.3, -0.25) is 4.79 Å². The second kappa shape index (κ2) is 5.88. The summed E-state index contributed by atoms with van der Waals surface area (Å²) < 4.78 is 0. The Morgan fingerprint density at radius 1 is 1.19 bits per heavy atom. The highest BCUT2D eigenvalue weighted by Crippen LogP contribution is 2.23. The Morgan fingerprint density at radius 3 is 2.43 bits per heavy atom. The molecule has 0 aliphatic heterocycles. The quantitative estimate of drug-likeness (QED) is 0.926. The molecule has 1 aliphatic carbocycles. The lowest BCUT2D eigenvalue weighted by molar-refractivity contribution is -0.155. The maximum Gasteiger partial charge on any atom is 0.329 e. The van der Waals surface area contributed by atoms with Crippen molar-refractivity contribution in [1.82, 2.24) is 4.90 Å². The van der Waals surface area contributed by atoms with E-state index < -0.39 is 11.5 Å². The van der Waals surface area contributed by atoms with E-state index in [0.29, 0.717) is 0 Å². The fourth-order valence-electron chi connectivity index (χ4n) is 2.65. The van der Waals surface area contributed by atoms with E-state index in [4.69, 9.17) is 0 Å². The smallest absolute Gasteiger partial charge is 0.329 e. The number of carboxylic acids is 1. The van der Waals surface area contributed by atoms with E-state index in [0.717, 1.165) is 18.4 Å². The minimum Gasteiger partial charge on any atom is -0.480 e. The number of amides is 1. The summed E-state index contributed by atoms with van der Waals surface area (Å²) in [5, 5.41) is 9.19. The largest absolute Gasteiger partial charge is 0.480 e. The van der Waals surface area contributed by atoms with E-state index in [1.807, 2.05) is 6.07 Å². The van der Waals surface area contributed by atoms with Crippen molar-refractivity contribution in [2.75, 3.05) is 7.05 Å². The molecule has 0 saturated carbocycles. The third kappa shape index (κ3) is 3.26. The van der Waals surface area contributed by atoms with Crippen molar-refractivity contribution in [3.8, 4) is 0 Å². The van der Waals surface area contributed by atoms with Crippen molar-refractivity contribution >= 4 is 11.9 Å². The van der Waals surface area contributed by atoms with Gasteiger partial charge in [0.1, 0.15) is 5.54 Å². The van der Waals surface area contributed by atoms with Gasteiger partial charge in [-0.15, -0.1) is 0 Å². The molecule has 0 atom stereocenters. The molecule has 1 N–H and O–H groups in total. The van der Waals surface area contributed by atoms with Gasteiger partial charge in [-0.05, 0) is 56.2 Å². The lowest BCUT2D eigenvalue weighted by Crippen LogP contribution is -2.51. The monoisotopic (exact) mass is 289 g/mol. The number of nitrogens with zero attached hydrogens (tertiary/aromatic N) is 1. The minimum absolute atomic E-state index is 0.168. The van der Waals surface area contributed by atoms with E-state index in [2.05, 4.69) is 12.1 Å². The first-order chi connectivity index (χ1) is 9.82. The number of fused-ring (bicyclic) bond motifs is 1. The number of carbonyl (C=O) groups excluding carboxylic acids is 1. The summed E-state index contributed by atoms with van der Waals surface area (Å²) in [4.78, 5) is 24.8. The van der Waals surface area contributed by atoms with Crippen molar-refractivity contribution in [1.29, 1.82) is 0 Å². The number of carbonyl (C=O) groups is 2. The topological polar surface area (TPSA) is 57.6 Å². The predicted octanol–water partition coefficient (Wildman–Crippen LogP) is 2.43. The number of carboxylic acid groups (broad SMARTS) is 1. The van der Waals surface area contributed by atoms with Gasteiger partial charge in [0.15, 0.2) is 0 Å². The summed E-state index contributed by atoms with van der Waals surface area (Å²) in [5.41, 5.74) is 2.50. The molecule has 0 spiro atoms. The first-order valence-corrected chi connectivity index (χ1v) is 7.43. The summed E-state index contributed by atoms with van der Waals surface area (Å²) in [7, 11) is 1.55. The zero-order valence-corrected chi connectivity index (χ0v) is 13.0. The van der Waals surface area contributed by atoms with Crippen LogP contribution in [0.5, 0.6) is 0 Å². The van der Waals surface area contributed by atoms with Gasteiger partial charge < -0.3 is 10.0 Å². The van der Waals surface area contributed by atoms with Gasteiger partial charge in [0.05, 0.1) is 6.42 Å². The number of likely N-dealkylation sites (N-methyl/N-ethyl adjacent to an activating group) is 1. The lowest BCUT2D eigenvalue weighted by Gasteiger charge is -2.31. The fraction of sp³-hybridized carbons (Fsp3) is 0.529. The molecule has 1 aromatic rings. The van der Waals surface area contributed by atoms with Gasteiger partial charge in [0.2, 0.25) is 5.91 Å². The zero-order chi connectivity index (χ0) is 15.6. The number of aryl methyl sites for hydroxylation is 2. The molecule has 2 rings (SSSR count). The first kappa shape index (κ1) is 15.5. The molecule has 0 fully saturated rings. The SMILES string of the molecule is CN(C(=O)Cc1ccc2c(c1)CCCC2)C(C)(C)C(=O)O. The molecule has 4 nitrogen and oxygen atoms in total. The van der Waals surface area contributed by atoms with Crippen LogP contribution in [0, 0.1) is 0 Å². The second-order valence-corrected chi connectivity index (χ2v) is 6.30. The van der Waals surface area contributed by atoms with Gasteiger partial charge in [-0.1, -0.05) is 18.2 Å². The Labute approximate surface area is 125 Å². The van der Waals surface area contributed by atoms with Crippen LogP contribution in [0.2, 0.25) is 0 Å². The van der Waals surface area contributed by atoms with Crippen molar-refractivity contribution in [2.45, 2.75) is 51.5 Å². The molecule has 114 valence electrons. The second-order valence-electron chi connectivity index (χ2n) is 6.30. The predicted molar refractivity (Wildman–Crippen MR) is 81.3 cm³/mol. The van der Waals surface area contributed by atoms with Crippen molar-refractivity contribution in [3.63, 3.8) is 0 Å². The van der Waals surface area contributed by atoms with E-state index >= 15 is 0 Å². The summed E-state index contributed by atoms with van der Waals surface area (Å²) in [6.07, 6.45) is 4.89. The van der Waals surface area contributed by atoms with E-state index in [-0.39, 0.29) is 12.3 Å². The number of hydrogen-bond acceptors (Lipinski definition) is 2. The molecule has 0 radical (unpaired) electrons. The lowest BCUT2D eigenvalue weighted by atomic mass is 9.90. The van der Waals surface area contributed by atoms with Gasteiger partial charge in [0, 0.05) is 7.05 Å². The highest BCUT2D eigenvalue weighted by Gasteiger charge is 2.34. The molecule has 0 saturated heterocycles. The summed E-state index contributed by atoms with van der Waals surface area (Å²) in [6.45, 7) is 3.08. The Hall–Kier alpha value is -1.84. The number of aliphatic carboxylic acids is 1. The molecule has 1 amide bonds. The molecular weight excluding hydrogens is 266 g/mol. The van der Waals surface area contributed by atoms with Gasteiger partial charge >= 0.3 is 5.97 Å². The van der Waals surface area contributed by atoms with Gasteiger partial charge in [-0.25, -0.2) is 4.79 Å². The van der Waals surface area contributed by atoms with Crippen molar-refractivity contribution in [2.24, 2.45) is 0 Å². The number of hydrogen-bond donors (Lipinski definition) is 1. The molecule has 1 aromatic carbocycles. The normalized spacial score (nSPS) is 14.4. The average molecular weight is 289 g/mol. The Morgan fingerprint density at radius 2 is 1.81 bits per heavy atom. The summed E-state index contributed by atoms with van der Waals surface area (Å²) in [5.74, 6) is -1.16. The Bertz CT molecular complexity index is 563. The molecule has 0 heterocycles. The highest BCUT2D eigenvalue weighted by molar-refractivity contribution is 5.87. The standard InChI is InChI=1S/C17H23NO3/c1-17(2,16(20)21)18(3)15(19)11-12-8-9-13-6-4-5-7-14(13)10-12/h8-10H,4-7,11H2,1-3H3,(H,20,21). The van der Waals surface area contributed by atoms with Crippen LogP contribution in [-0.2, 0) is 28.9 Å². The molecular formula is C17H23NO3. The fourth-order valence-corrected chi connectivity index (χ4v) is 2.65. The van der Waals surface area contributed by atoms with Gasteiger partial charge in [0.25, 0.3) is 0 Å². The minimum atomic E-state index is -1.19.